The second-order valence-electron chi connectivity index (χ2n) is 7.67. The van der Waals surface area contributed by atoms with E-state index in [1.165, 1.54) is 23.2 Å². The molecule has 1 aliphatic rings. The number of hydrogen-bond donors (Lipinski definition) is 0. The number of alkyl halides is 6. The van der Waals surface area contributed by atoms with Crippen molar-refractivity contribution in [1.82, 2.24) is 19.5 Å². The Kier molecular flexibility index (Phi) is 7.06. The molecule has 2 aromatic heterocycles. The number of nitro groups is 1. The Labute approximate surface area is 203 Å². The van der Waals surface area contributed by atoms with E-state index in [0.717, 1.165) is 24.3 Å². The minimum Gasteiger partial charge on any atom is -0.443 e. The Morgan fingerprint density at radius 3 is 2.41 bits per heavy atom. The van der Waals surface area contributed by atoms with E-state index in [4.69, 9.17) is 9.47 Å². The highest BCUT2D eigenvalue weighted by atomic mass is 19.4. The zero-order chi connectivity index (χ0) is 26.8. The van der Waals surface area contributed by atoms with Crippen LogP contribution in [0.4, 0.5) is 43.8 Å². The predicted octanol–water partition coefficient (Wildman–Crippen LogP) is 4.16. The van der Waals surface area contributed by atoms with Crippen molar-refractivity contribution < 1.29 is 45.5 Å². The zero-order valence-electron chi connectivity index (χ0n) is 18.4. The number of aromatic nitrogens is 4. The SMILES string of the molecule is O=[N+]([O-])c1cn2c(n1)OC[C@@H](OCc1cnc(N(CC(F)(F)F)c3ccc(OC(F)(F)F)cc3)nc1)C2. The summed E-state index contributed by atoms with van der Waals surface area (Å²) in [7, 11) is 0. The third-order valence-electron chi connectivity index (χ3n) is 4.85. The first-order chi connectivity index (χ1) is 17.4. The van der Waals surface area contributed by atoms with Gasteiger partial charge in [0.1, 0.15) is 31.2 Å². The highest BCUT2D eigenvalue weighted by molar-refractivity contribution is 5.58. The van der Waals surface area contributed by atoms with E-state index in [2.05, 4.69) is 19.7 Å². The van der Waals surface area contributed by atoms with E-state index < -0.39 is 35.9 Å². The van der Waals surface area contributed by atoms with Gasteiger partial charge in [0.2, 0.25) is 5.95 Å². The van der Waals surface area contributed by atoms with Gasteiger partial charge >= 0.3 is 24.4 Å². The van der Waals surface area contributed by atoms with Crippen molar-refractivity contribution in [2.75, 3.05) is 18.1 Å². The molecule has 1 aliphatic heterocycles. The van der Waals surface area contributed by atoms with Crippen LogP contribution < -0.4 is 14.4 Å². The molecule has 0 bridgehead atoms. The third kappa shape index (κ3) is 6.96. The molecule has 0 saturated heterocycles. The largest absolute Gasteiger partial charge is 0.573 e. The van der Waals surface area contributed by atoms with Gasteiger partial charge in [-0.2, -0.15) is 13.2 Å². The van der Waals surface area contributed by atoms with Crippen LogP contribution in [0, 0.1) is 10.1 Å². The molecule has 0 spiro atoms. The second kappa shape index (κ2) is 10.1. The molecule has 0 unspecified atom stereocenters. The van der Waals surface area contributed by atoms with Crippen molar-refractivity contribution in [1.29, 1.82) is 0 Å². The first-order valence-electron chi connectivity index (χ1n) is 10.3. The zero-order valence-corrected chi connectivity index (χ0v) is 18.4. The first-order valence-corrected chi connectivity index (χ1v) is 10.3. The molecule has 11 nitrogen and oxygen atoms in total. The predicted molar refractivity (Wildman–Crippen MR) is 111 cm³/mol. The average molecular weight is 534 g/mol. The first kappa shape index (κ1) is 25.9. The minimum atomic E-state index is -4.95. The number of fused-ring (bicyclic) bond motifs is 1. The number of benzene rings is 1. The fourth-order valence-electron chi connectivity index (χ4n) is 3.32. The standard InChI is InChI=1S/C20H16F6N6O5/c21-19(22,23)11-31(13-1-3-14(4-2-13)37-20(24,25)26)17-27-5-12(6-28-17)9-35-15-7-30-8-16(32(33)34)29-18(30)36-10-15/h1-6,8,15H,7,9-11H2/t15-/m0/s1. The number of nitrogens with zero attached hydrogens (tertiary/aromatic N) is 6. The molecule has 3 aromatic rings. The van der Waals surface area contributed by atoms with Gasteiger partial charge in [-0.3, -0.25) is 4.57 Å². The molecule has 1 atom stereocenters. The molecular formula is C20H16F6N6O5. The lowest BCUT2D eigenvalue weighted by atomic mass is 10.2. The number of ether oxygens (including phenoxy) is 3. The minimum absolute atomic E-state index is 0.0385. The Balaban J connectivity index is 1.42. The van der Waals surface area contributed by atoms with Crippen LogP contribution in [0.2, 0.25) is 0 Å². The van der Waals surface area contributed by atoms with E-state index in [1.807, 2.05) is 0 Å². The van der Waals surface area contributed by atoms with Crippen LogP contribution in [0.25, 0.3) is 0 Å². The van der Waals surface area contributed by atoms with E-state index in [9.17, 15) is 36.5 Å². The van der Waals surface area contributed by atoms with Crippen molar-refractivity contribution in [3.05, 3.63) is 58.5 Å². The summed E-state index contributed by atoms with van der Waals surface area (Å²) < 4.78 is 92.8. The molecule has 0 saturated carbocycles. The van der Waals surface area contributed by atoms with E-state index in [1.54, 1.807) is 0 Å². The Morgan fingerprint density at radius 2 is 1.81 bits per heavy atom. The molecule has 0 N–H and O–H groups in total. The van der Waals surface area contributed by atoms with Gasteiger partial charge in [-0.25, -0.2) is 9.97 Å². The summed E-state index contributed by atoms with van der Waals surface area (Å²) in [5.74, 6) is -1.31. The lowest BCUT2D eigenvalue weighted by Gasteiger charge is -2.24. The van der Waals surface area contributed by atoms with E-state index in [0.29, 0.717) is 10.5 Å². The van der Waals surface area contributed by atoms with Crippen LogP contribution in [-0.2, 0) is 17.9 Å². The number of hydrogen-bond acceptors (Lipinski definition) is 9. The van der Waals surface area contributed by atoms with Gasteiger partial charge < -0.3 is 29.2 Å². The number of anilines is 2. The maximum atomic E-state index is 13.2. The van der Waals surface area contributed by atoms with Gasteiger partial charge in [0, 0.05) is 28.6 Å². The van der Waals surface area contributed by atoms with Crippen LogP contribution >= 0.6 is 0 Å². The Hall–Kier alpha value is -4.15. The molecule has 0 radical (unpaired) electrons. The lowest BCUT2D eigenvalue weighted by molar-refractivity contribution is -0.389. The Morgan fingerprint density at radius 1 is 1.14 bits per heavy atom. The number of rotatable bonds is 8. The van der Waals surface area contributed by atoms with Crippen LogP contribution in [0.3, 0.4) is 0 Å². The van der Waals surface area contributed by atoms with E-state index in [-0.39, 0.29) is 43.2 Å². The summed E-state index contributed by atoms with van der Waals surface area (Å²) in [5, 5.41) is 10.8. The summed E-state index contributed by atoms with van der Waals surface area (Å²) in [6.07, 6.45) is -6.43. The summed E-state index contributed by atoms with van der Waals surface area (Å²) in [6.45, 7) is -1.24. The molecule has 3 heterocycles. The number of halogens is 6. The highest BCUT2D eigenvalue weighted by Gasteiger charge is 2.34. The molecular weight excluding hydrogens is 518 g/mol. The van der Waals surface area contributed by atoms with Gasteiger partial charge in [0.25, 0.3) is 0 Å². The summed E-state index contributed by atoms with van der Waals surface area (Å²) in [5.41, 5.74) is 0.299. The summed E-state index contributed by atoms with van der Waals surface area (Å²) >= 11 is 0. The van der Waals surface area contributed by atoms with Gasteiger partial charge in [-0.1, -0.05) is 0 Å². The quantitative estimate of drug-likeness (QED) is 0.239. The van der Waals surface area contributed by atoms with E-state index >= 15 is 0 Å². The second-order valence-corrected chi connectivity index (χ2v) is 7.67. The molecule has 0 fully saturated rings. The van der Waals surface area contributed by atoms with Crippen molar-refractivity contribution in [2.45, 2.75) is 31.8 Å². The molecule has 17 heteroatoms. The monoisotopic (exact) mass is 534 g/mol. The number of imidazole rings is 1. The van der Waals surface area contributed by atoms with Crippen molar-refractivity contribution in [2.24, 2.45) is 0 Å². The topological polar surface area (TPSA) is 118 Å². The molecule has 1 aromatic carbocycles. The molecule has 37 heavy (non-hydrogen) atoms. The van der Waals surface area contributed by atoms with Crippen molar-refractivity contribution in [3.8, 4) is 11.8 Å². The van der Waals surface area contributed by atoms with Crippen molar-refractivity contribution in [3.63, 3.8) is 0 Å². The lowest BCUT2D eigenvalue weighted by Crippen LogP contribution is -2.32. The van der Waals surface area contributed by atoms with Gasteiger partial charge in [-0.05, 0) is 29.2 Å². The van der Waals surface area contributed by atoms with Gasteiger partial charge in [0.05, 0.1) is 13.2 Å². The summed E-state index contributed by atoms with van der Waals surface area (Å²) in [6, 6.07) is 3.87. The third-order valence-corrected chi connectivity index (χ3v) is 4.85. The van der Waals surface area contributed by atoms with Gasteiger partial charge in [-0.15, -0.1) is 13.2 Å². The van der Waals surface area contributed by atoms with Gasteiger partial charge in [0.15, 0.2) is 0 Å². The fraction of sp³-hybridized carbons (Fsp3) is 0.350. The fourth-order valence-corrected chi connectivity index (χ4v) is 3.32. The molecule has 0 amide bonds. The molecule has 198 valence electrons. The maximum absolute atomic E-state index is 13.2. The van der Waals surface area contributed by atoms with Crippen LogP contribution in [0.5, 0.6) is 11.8 Å². The van der Waals surface area contributed by atoms with Crippen LogP contribution in [0.1, 0.15) is 5.56 Å². The molecule has 0 aliphatic carbocycles. The summed E-state index contributed by atoms with van der Waals surface area (Å²) in [4.78, 5) is 22.5. The molecule has 4 rings (SSSR count). The van der Waals surface area contributed by atoms with Crippen LogP contribution in [-0.4, -0.2) is 56.2 Å². The Bertz CT molecular complexity index is 1230. The average Bonchev–Trinajstić information content (AvgIpc) is 3.25. The normalized spacial score (nSPS) is 15.6. The van der Waals surface area contributed by atoms with Crippen molar-refractivity contribution >= 4 is 17.5 Å². The van der Waals surface area contributed by atoms with Crippen LogP contribution in [0.15, 0.2) is 42.9 Å². The maximum Gasteiger partial charge on any atom is 0.573 e. The smallest absolute Gasteiger partial charge is 0.443 e. The highest BCUT2D eigenvalue weighted by Crippen LogP contribution is 2.31.